The van der Waals surface area contributed by atoms with Crippen LogP contribution in [0.4, 0.5) is 8.78 Å². The van der Waals surface area contributed by atoms with E-state index in [4.69, 9.17) is 9.47 Å². The van der Waals surface area contributed by atoms with Crippen LogP contribution < -0.4 is 0 Å². The minimum atomic E-state index is -3.10. The van der Waals surface area contributed by atoms with Crippen LogP contribution in [0.25, 0.3) is 0 Å². The van der Waals surface area contributed by atoms with Crippen LogP contribution in [-0.2, 0) is 9.47 Å². The van der Waals surface area contributed by atoms with Gasteiger partial charge in [0.25, 0.3) is 0 Å². The monoisotopic (exact) mass is 458 g/mol. The fraction of sp³-hybridized carbons (Fsp3) is 1.00. The van der Waals surface area contributed by atoms with Crippen molar-refractivity contribution in [3.8, 4) is 0 Å². The molecule has 1 aliphatic heterocycles. The van der Waals surface area contributed by atoms with Crippen LogP contribution in [0.3, 0.4) is 0 Å². The lowest BCUT2D eigenvalue weighted by Crippen LogP contribution is -2.50. The van der Waals surface area contributed by atoms with Crippen molar-refractivity contribution in [3.05, 3.63) is 0 Å². The first-order valence-corrected chi connectivity index (χ1v) is 7.72. The number of methoxy groups -OCH3 is 2. The molecule has 0 saturated carbocycles. The summed E-state index contributed by atoms with van der Waals surface area (Å²) in [5, 5.41) is 0. The highest BCUT2D eigenvalue weighted by Gasteiger charge is 2.64. The van der Waals surface area contributed by atoms with Gasteiger partial charge in [0.15, 0.2) is 3.36 Å². The minimum Gasteiger partial charge on any atom is -0.383 e. The molecule has 18 heavy (non-hydrogen) atoms. The van der Waals surface area contributed by atoms with Gasteiger partial charge in [-0.15, -0.1) is 0 Å². The SMILES string of the molecule is COCCN1C(Br)C(Br)(Br)N(CCOC)C1(F)F. The van der Waals surface area contributed by atoms with Gasteiger partial charge in [-0.1, -0.05) is 47.8 Å². The summed E-state index contributed by atoms with van der Waals surface area (Å²) < 4.78 is 37.3. The second-order valence-electron chi connectivity index (χ2n) is 3.76. The summed E-state index contributed by atoms with van der Waals surface area (Å²) in [6.07, 6.45) is -3.10. The summed E-state index contributed by atoms with van der Waals surface area (Å²) >= 11 is 9.86. The van der Waals surface area contributed by atoms with Gasteiger partial charge in [-0.05, 0) is 0 Å². The van der Waals surface area contributed by atoms with E-state index < -0.39 is 14.5 Å². The number of hydrogen-bond donors (Lipinski definition) is 0. The Morgan fingerprint density at radius 2 is 1.61 bits per heavy atom. The van der Waals surface area contributed by atoms with Crippen LogP contribution in [0, 0.1) is 0 Å². The molecule has 0 aromatic heterocycles. The molecule has 0 aromatic carbocycles. The van der Waals surface area contributed by atoms with Gasteiger partial charge in [0.2, 0.25) is 0 Å². The fourth-order valence-electron chi connectivity index (χ4n) is 1.69. The zero-order chi connectivity index (χ0) is 14.0. The Labute approximate surface area is 130 Å². The van der Waals surface area contributed by atoms with Crippen LogP contribution in [0.5, 0.6) is 0 Å². The van der Waals surface area contributed by atoms with Crippen molar-refractivity contribution in [2.45, 2.75) is 14.5 Å². The van der Waals surface area contributed by atoms with Gasteiger partial charge in [-0.25, -0.2) is 9.80 Å². The van der Waals surface area contributed by atoms with Crippen molar-refractivity contribution in [1.82, 2.24) is 9.80 Å². The maximum atomic E-state index is 14.3. The Hall–Kier alpha value is 1.14. The molecule has 0 aromatic rings. The molecule has 0 aliphatic carbocycles. The van der Waals surface area contributed by atoms with Gasteiger partial charge in [0, 0.05) is 27.3 Å². The van der Waals surface area contributed by atoms with Crippen molar-refractivity contribution < 1.29 is 18.3 Å². The smallest absolute Gasteiger partial charge is 0.372 e. The Balaban J connectivity index is 2.89. The van der Waals surface area contributed by atoms with E-state index in [1.54, 1.807) is 0 Å². The van der Waals surface area contributed by atoms with E-state index >= 15 is 0 Å². The molecule has 1 aliphatic rings. The highest BCUT2D eigenvalue weighted by Crippen LogP contribution is 2.53. The summed E-state index contributed by atoms with van der Waals surface area (Å²) in [4.78, 5) is 1.42. The zero-order valence-electron chi connectivity index (χ0n) is 10.0. The van der Waals surface area contributed by atoms with Crippen molar-refractivity contribution in [2.24, 2.45) is 0 Å². The maximum absolute atomic E-state index is 14.3. The summed E-state index contributed by atoms with van der Waals surface area (Å²) in [7, 11) is 2.96. The van der Waals surface area contributed by atoms with Crippen molar-refractivity contribution in [1.29, 1.82) is 0 Å². The molecule has 1 saturated heterocycles. The lowest BCUT2D eigenvalue weighted by molar-refractivity contribution is -0.217. The van der Waals surface area contributed by atoms with E-state index in [9.17, 15) is 8.78 Å². The third-order valence-corrected chi connectivity index (χ3v) is 6.75. The highest BCUT2D eigenvalue weighted by atomic mass is 79.9. The quantitative estimate of drug-likeness (QED) is 0.449. The number of nitrogens with zero attached hydrogens (tertiary/aromatic N) is 2. The molecule has 1 heterocycles. The first-order chi connectivity index (χ1) is 8.30. The van der Waals surface area contributed by atoms with E-state index in [0.717, 1.165) is 9.80 Å². The molecule has 0 bridgehead atoms. The van der Waals surface area contributed by atoms with Gasteiger partial charge in [-0.3, -0.25) is 0 Å². The molecule has 0 spiro atoms. The lowest BCUT2D eigenvalue weighted by Gasteiger charge is -2.31. The Morgan fingerprint density at radius 1 is 1.11 bits per heavy atom. The topological polar surface area (TPSA) is 24.9 Å². The molecule has 4 nitrogen and oxygen atoms in total. The summed E-state index contributed by atoms with van der Waals surface area (Å²) in [5.74, 6) is 0. The van der Waals surface area contributed by atoms with Crippen molar-refractivity contribution in [2.75, 3.05) is 40.5 Å². The number of hydrogen-bond acceptors (Lipinski definition) is 4. The van der Waals surface area contributed by atoms with Gasteiger partial charge in [0.1, 0.15) is 4.95 Å². The average molecular weight is 461 g/mol. The zero-order valence-corrected chi connectivity index (χ0v) is 14.8. The van der Waals surface area contributed by atoms with E-state index in [-0.39, 0.29) is 26.3 Å². The summed E-state index contributed by atoms with van der Waals surface area (Å²) in [6, 6.07) is 0. The first kappa shape index (κ1) is 17.2. The second kappa shape index (κ2) is 6.73. The van der Waals surface area contributed by atoms with Gasteiger partial charge in [-0.2, -0.15) is 8.78 Å². The van der Waals surface area contributed by atoms with Gasteiger partial charge >= 0.3 is 6.17 Å². The molecular formula is C9H15Br3F2N2O2. The molecule has 0 N–H and O–H groups in total. The van der Waals surface area contributed by atoms with Crippen molar-refractivity contribution in [3.63, 3.8) is 0 Å². The highest BCUT2D eigenvalue weighted by molar-refractivity contribution is 9.26. The van der Waals surface area contributed by atoms with Gasteiger partial charge < -0.3 is 9.47 Å². The number of rotatable bonds is 6. The third kappa shape index (κ3) is 3.24. The normalized spacial score (nSPS) is 27.8. The largest absolute Gasteiger partial charge is 0.383 e. The summed E-state index contributed by atoms with van der Waals surface area (Å²) in [5.41, 5.74) is 0. The van der Waals surface area contributed by atoms with Crippen LogP contribution in [0.1, 0.15) is 0 Å². The number of ether oxygens (including phenoxy) is 2. The molecule has 0 amide bonds. The van der Waals surface area contributed by atoms with E-state index in [2.05, 4.69) is 47.8 Å². The predicted octanol–water partition coefficient (Wildman–Crippen LogP) is 2.61. The molecule has 108 valence electrons. The predicted molar refractivity (Wildman–Crippen MR) is 75.4 cm³/mol. The molecule has 1 unspecified atom stereocenters. The second-order valence-corrected chi connectivity index (χ2v) is 8.11. The molecule has 9 heteroatoms. The third-order valence-electron chi connectivity index (χ3n) is 2.65. The van der Waals surface area contributed by atoms with E-state index in [0.29, 0.717) is 0 Å². The fourth-order valence-corrected chi connectivity index (χ4v) is 3.66. The molecule has 1 rings (SSSR count). The van der Waals surface area contributed by atoms with E-state index in [1.807, 2.05) is 0 Å². The molecule has 0 radical (unpaired) electrons. The number of halogens is 5. The first-order valence-electron chi connectivity index (χ1n) is 5.22. The standard InChI is InChI=1S/C9H15Br3F2N2O2/c1-17-5-3-15-7(10)8(11,12)16(4-6-18-2)9(15,13)14/h7H,3-6H2,1-2H3. The Morgan fingerprint density at radius 3 is 2.11 bits per heavy atom. The lowest BCUT2D eigenvalue weighted by atomic mass is 10.5. The van der Waals surface area contributed by atoms with E-state index in [1.165, 1.54) is 14.2 Å². The van der Waals surface area contributed by atoms with Gasteiger partial charge in [0.05, 0.1) is 13.2 Å². The molecule has 1 atom stereocenters. The van der Waals surface area contributed by atoms with Crippen LogP contribution in [0.15, 0.2) is 0 Å². The minimum absolute atomic E-state index is 0.0889. The Bertz CT molecular complexity index is 285. The van der Waals surface area contributed by atoms with Crippen molar-refractivity contribution >= 4 is 47.8 Å². The van der Waals surface area contributed by atoms with Crippen LogP contribution in [-0.4, -0.2) is 64.8 Å². The van der Waals surface area contributed by atoms with Crippen LogP contribution >= 0.6 is 47.8 Å². The Kier molecular flexibility index (Phi) is 6.43. The van der Waals surface area contributed by atoms with Crippen LogP contribution in [0.2, 0.25) is 0 Å². The molecular weight excluding hydrogens is 446 g/mol. The number of alkyl halides is 5. The maximum Gasteiger partial charge on any atom is 0.372 e. The average Bonchev–Trinajstić information content (AvgIpc) is 2.40. The molecule has 1 fully saturated rings. The summed E-state index contributed by atoms with van der Waals surface area (Å²) in [6.45, 7) is 0.645.